The lowest BCUT2D eigenvalue weighted by Crippen LogP contribution is -2.01. The van der Waals surface area contributed by atoms with Crippen LogP contribution in [0.5, 0.6) is 0 Å². The van der Waals surface area contributed by atoms with Crippen LogP contribution in [0.15, 0.2) is 47.5 Å². The molecule has 0 spiro atoms. The summed E-state index contributed by atoms with van der Waals surface area (Å²) in [6, 6.07) is 9.91. The molecule has 2 aromatic carbocycles. The molecule has 0 radical (unpaired) electrons. The van der Waals surface area contributed by atoms with E-state index in [0.29, 0.717) is 33.0 Å². The molecule has 1 aromatic heterocycles. The van der Waals surface area contributed by atoms with Crippen molar-refractivity contribution in [3.8, 4) is 11.3 Å². The van der Waals surface area contributed by atoms with Crippen molar-refractivity contribution >= 4 is 38.2 Å². The number of sulfone groups is 1. The third-order valence-corrected chi connectivity index (χ3v) is 4.63. The van der Waals surface area contributed by atoms with Crippen molar-refractivity contribution in [3.05, 3.63) is 47.6 Å². The second kappa shape index (κ2) is 5.23. The van der Waals surface area contributed by atoms with Gasteiger partial charge in [-0.05, 0) is 18.2 Å². The van der Waals surface area contributed by atoms with Crippen LogP contribution in [0.25, 0.3) is 22.3 Å². The summed E-state index contributed by atoms with van der Waals surface area (Å²) in [5, 5.41) is 0.376. The largest absolute Gasteiger partial charge is 0.399 e. The quantitative estimate of drug-likeness (QED) is 0.729. The van der Waals surface area contributed by atoms with Crippen LogP contribution in [0.1, 0.15) is 0 Å². The maximum Gasteiger partial charge on any atom is 0.176 e. The van der Waals surface area contributed by atoms with Gasteiger partial charge in [-0.1, -0.05) is 29.8 Å². The maximum atomic E-state index is 11.9. The van der Waals surface area contributed by atoms with E-state index in [4.69, 9.17) is 17.3 Å². The SMILES string of the molecule is CS(=O)(=O)c1ccccc1-c1cnc2cc(N)cc(Cl)c2n1. The number of nitrogens with zero attached hydrogens (tertiary/aromatic N) is 2. The molecular formula is C15H12ClN3O2S. The molecule has 0 unspecified atom stereocenters. The van der Waals surface area contributed by atoms with E-state index in [0.717, 1.165) is 6.26 Å². The van der Waals surface area contributed by atoms with E-state index in [1.165, 1.54) is 6.20 Å². The Balaban J connectivity index is 2.29. The lowest BCUT2D eigenvalue weighted by Gasteiger charge is -2.08. The highest BCUT2D eigenvalue weighted by atomic mass is 35.5. The van der Waals surface area contributed by atoms with Gasteiger partial charge in [0, 0.05) is 17.5 Å². The molecule has 3 rings (SSSR count). The molecule has 22 heavy (non-hydrogen) atoms. The van der Waals surface area contributed by atoms with E-state index >= 15 is 0 Å². The van der Waals surface area contributed by atoms with E-state index in [1.807, 2.05) is 0 Å². The number of hydrogen-bond donors (Lipinski definition) is 1. The van der Waals surface area contributed by atoms with Gasteiger partial charge < -0.3 is 5.73 Å². The van der Waals surface area contributed by atoms with Gasteiger partial charge in [0.15, 0.2) is 9.84 Å². The summed E-state index contributed by atoms with van der Waals surface area (Å²) in [4.78, 5) is 8.93. The number of aromatic nitrogens is 2. The minimum absolute atomic E-state index is 0.204. The molecule has 0 amide bonds. The third kappa shape index (κ3) is 2.63. The van der Waals surface area contributed by atoms with Crippen LogP contribution in [0, 0.1) is 0 Å². The van der Waals surface area contributed by atoms with E-state index in [2.05, 4.69) is 9.97 Å². The highest BCUT2D eigenvalue weighted by Crippen LogP contribution is 2.29. The number of fused-ring (bicyclic) bond motifs is 1. The zero-order valence-corrected chi connectivity index (χ0v) is 13.2. The maximum absolute atomic E-state index is 11.9. The molecule has 0 aliphatic heterocycles. The van der Waals surface area contributed by atoms with Gasteiger partial charge in [-0.25, -0.2) is 13.4 Å². The van der Waals surface area contributed by atoms with E-state index in [1.54, 1.807) is 36.4 Å². The lowest BCUT2D eigenvalue weighted by molar-refractivity contribution is 0.602. The second-order valence-electron chi connectivity index (χ2n) is 4.89. The van der Waals surface area contributed by atoms with E-state index in [-0.39, 0.29) is 4.90 Å². The first-order valence-electron chi connectivity index (χ1n) is 6.37. The monoisotopic (exact) mass is 333 g/mol. The Bertz CT molecular complexity index is 987. The van der Waals surface area contributed by atoms with Crippen LogP contribution in [0.4, 0.5) is 5.69 Å². The number of nitrogens with two attached hydrogens (primary N) is 1. The van der Waals surface area contributed by atoms with Gasteiger partial charge in [0.05, 0.1) is 27.3 Å². The number of nitrogen functional groups attached to an aromatic ring is 1. The first-order chi connectivity index (χ1) is 10.4. The van der Waals surface area contributed by atoms with Gasteiger partial charge >= 0.3 is 0 Å². The summed E-state index contributed by atoms with van der Waals surface area (Å²) in [5.74, 6) is 0. The Kier molecular flexibility index (Phi) is 3.50. The van der Waals surface area contributed by atoms with Gasteiger partial charge in [-0.15, -0.1) is 0 Å². The van der Waals surface area contributed by atoms with E-state index < -0.39 is 9.84 Å². The predicted octanol–water partition coefficient (Wildman–Crippen LogP) is 2.94. The number of benzene rings is 2. The molecule has 2 N–H and O–H groups in total. The molecule has 112 valence electrons. The van der Waals surface area contributed by atoms with Gasteiger partial charge in [-0.3, -0.25) is 4.98 Å². The molecule has 0 fully saturated rings. The fourth-order valence-corrected chi connectivity index (χ4v) is 3.39. The fourth-order valence-electron chi connectivity index (χ4n) is 2.23. The van der Waals surface area contributed by atoms with Crippen molar-refractivity contribution in [1.82, 2.24) is 9.97 Å². The van der Waals surface area contributed by atoms with Crippen LogP contribution in [-0.2, 0) is 9.84 Å². The normalized spacial score (nSPS) is 11.7. The summed E-state index contributed by atoms with van der Waals surface area (Å²) in [6.07, 6.45) is 2.68. The Labute approximate surface area is 132 Å². The number of anilines is 1. The van der Waals surface area contributed by atoms with Crippen LogP contribution >= 0.6 is 11.6 Å². The van der Waals surface area contributed by atoms with Crippen LogP contribution in [0.3, 0.4) is 0 Å². The Morgan fingerprint density at radius 1 is 1.18 bits per heavy atom. The zero-order chi connectivity index (χ0) is 15.9. The highest BCUT2D eigenvalue weighted by molar-refractivity contribution is 7.90. The average Bonchev–Trinajstić information content (AvgIpc) is 2.46. The van der Waals surface area contributed by atoms with Crippen LogP contribution in [0.2, 0.25) is 5.02 Å². The molecule has 0 saturated carbocycles. The molecule has 0 aliphatic rings. The summed E-state index contributed by atoms with van der Waals surface area (Å²) in [7, 11) is -3.37. The smallest absolute Gasteiger partial charge is 0.176 e. The third-order valence-electron chi connectivity index (χ3n) is 3.19. The zero-order valence-electron chi connectivity index (χ0n) is 11.6. The molecule has 0 bridgehead atoms. The molecule has 0 atom stereocenters. The summed E-state index contributed by atoms with van der Waals surface area (Å²) < 4.78 is 23.8. The number of rotatable bonds is 2. The topological polar surface area (TPSA) is 85.9 Å². The Morgan fingerprint density at radius 2 is 1.91 bits per heavy atom. The van der Waals surface area contributed by atoms with Crippen LogP contribution < -0.4 is 5.73 Å². The number of hydrogen-bond acceptors (Lipinski definition) is 5. The van der Waals surface area contributed by atoms with Crippen LogP contribution in [-0.4, -0.2) is 24.6 Å². The lowest BCUT2D eigenvalue weighted by atomic mass is 10.1. The molecule has 0 saturated heterocycles. The Morgan fingerprint density at radius 3 is 2.64 bits per heavy atom. The average molecular weight is 334 g/mol. The van der Waals surface area contributed by atoms with Gasteiger partial charge in [-0.2, -0.15) is 0 Å². The van der Waals surface area contributed by atoms with Crippen molar-refractivity contribution in [2.75, 3.05) is 12.0 Å². The molecule has 3 aromatic rings. The van der Waals surface area contributed by atoms with Gasteiger partial charge in [0.2, 0.25) is 0 Å². The molecule has 5 nitrogen and oxygen atoms in total. The first kappa shape index (κ1) is 14.7. The van der Waals surface area contributed by atoms with E-state index in [9.17, 15) is 8.42 Å². The fraction of sp³-hybridized carbons (Fsp3) is 0.0667. The van der Waals surface area contributed by atoms with Crippen molar-refractivity contribution < 1.29 is 8.42 Å². The summed E-state index contributed by atoms with van der Waals surface area (Å²) in [5.41, 5.74) is 8.20. The molecule has 7 heteroatoms. The molecule has 1 heterocycles. The summed E-state index contributed by atoms with van der Waals surface area (Å²) >= 11 is 6.15. The van der Waals surface area contributed by atoms with Gasteiger partial charge in [0.25, 0.3) is 0 Å². The van der Waals surface area contributed by atoms with Gasteiger partial charge in [0.1, 0.15) is 5.52 Å². The van der Waals surface area contributed by atoms with Crippen molar-refractivity contribution in [2.45, 2.75) is 4.90 Å². The molecular weight excluding hydrogens is 322 g/mol. The van der Waals surface area contributed by atoms with Crippen molar-refractivity contribution in [3.63, 3.8) is 0 Å². The molecule has 0 aliphatic carbocycles. The van der Waals surface area contributed by atoms with Crippen molar-refractivity contribution in [2.24, 2.45) is 0 Å². The first-order valence-corrected chi connectivity index (χ1v) is 8.64. The Hall–Kier alpha value is -2.18. The minimum Gasteiger partial charge on any atom is -0.399 e. The minimum atomic E-state index is -3.37. The predicted molar refractivity (Wildman–Crippen MR) is 87.5 cm³/mol. The highest BCUT2D eigenvalue weighted by Gasteiger charge is 2.16. The standard InChI is InChI=1S/C15H12ClN3O2S/c1-22(20,21)14-5-3-2-4-10(14)13-8-18-12-7-9(17)6-11(16)15(12)19-13/h2-8H,17H2,1H3. The number of halogens is 1. The second-order valence-corrected chi connectivity index (χ2v) is 7.29. The summed E-state index contributed by atoms with van der Waals surface area (Å²) in [6.45, 7) is 0. The van der Waals surface area contributed by atoms with Crippen molar-refractivity contribution in [1.29, 1.82) is 0 Å².